The van der Waals surface area contributed by atoms with Crippen LogP contribution in [0.2, 0.25) is 0 Å². The third-order valence-electron chi connectivity index (χ3n) is 2.40. The van der Waals surface area contributed by atoms with Crippen LogP contribution in [-0.4, -0.2) is 30.7 Å². The Balaban J connectivity index is 2.31. The predicted octanol–water partition coefficient (Wildman–Crippen LogP) is 2.04. The Labute approximate surface area is 79.4 Å². The fraction of sp³-hybridized carbons (Fsp3) is 0.700. The lowest BCUT2D eigenvalue weighted by Crippen LogP contribution is -2.38. The number of nitrogens with zero attached hydrogens (tertiary/aromatic N) is 1. The van der Waals surface area contributed by atoms with Crippen molar-refractivity contribution in [3.05, 3.63) is 12.7 Å². The highest BCUT2D eigenvalue weighted by Crippen LogP contribution is 2.17. The molecule has 1 amide bonds. The van der Waals surface area contributed by atoms with Gasteiger partial charge in [-0.25, -0.2) is 4.79 Å². The molecule has 0 atom stereocenters. The molecule has 0 saturated carbocycles. The molecule has 1 heterocycles. The van der Waals surface area contributed by atoms with Gasteiger partial charge in [0, 0.05) is 13.1 Å². The zero-order valence-electron chi connectivity index (χ0n) is 8.16. The molecule has 3 nitrogen and oxygen atoms in total. The quantitative estimate of drug-likeness (QED) is 0.613. The van der Waals surface area contributed by atoms with Crippen molar-refractivity contribution >= 4 is 6.09 Å². The number of likely N-dealkylation sites (tertiary alicyclic amines) is 1. The van der Waals surface area contributed by atoms with Crippen LogP contribution >= 0.6 is 0 Å². The van der Waals surface area contributed by atoms with Crippen molar-refractivity contribution in [3.8, 4) is 0 Å². The molecule has 1 aliphatic rings. The zero-order chi connectivity index (χ0) is 9.68. The second-order valence-electron chi connectivity index (χ2n) is 3.26. The molecule has 0 spiro atoms. The summed E-state index contributed by atoms with van der Waals surface area (Å²) in [4.78, 5) is 13.0. The van der Waals surface area contributed by atoms with E-state index in [-0.39, 0.29) is 6.09 Å². The molecular weight excluding hydrogens is 166 g/mol. The van der Waals surface area contributed by atoms with Gasteiger partial charge in [-0.15, -0.1) is 6.58 Å². The number of carbonyl (C=O) groups excluding carboxylic acids is 1. The summed E-state index contributed by atoms with van der Waals surface area (Å²) in [6.45, 7) is 7.64. The number of hydrogen-bond donors (Lipinski definition) is 0. The largest absolute Gasteiger partial charge is 0.450 e. The normalized spacial score (nSPS) is 18.4. The summed E-state index contributed by atoms with van der Waals surface area (Å²) in [5.74, 6) is 0.575. The van der Waals surface area contributed by atoms with Crippen LogP contribution < -0.4 is 0 Å². The van der Waals surface area contributed by atoms with E-state index >= 15 is 0 Å². The van der Waals surface area contributed by atoms with Gasteiger partial charge in [-0.05, 0) is 25.7 Å². The van der Waals surface area contributed by atoms with E-state index in [1.54, 1.807) is 4.90 Å². The summed E-state index contributed by atoms with van der Waals surface area (Å²) in [6, 6.07) is 0. The topological polar surface area (TPSA) is 29.5 Å². The third kappa shape index (κ3) is 2.76. The minimum absolute atomic E-state index is 0.176. The Bertz CT molecular complexity index is 183. The van der Waals surface area contributed by atoms with E-state index in [1.165, 1.54) is 0 Å². The molecule has 0 radical (unpaired) electrons. The molecule has 74 valence electrons. The van der Waals surface area contributed by atoms with Crippen molar-refractivity contribution < 1.29 is 9.53 Å². The first-order valence-corrected chi connectivity index (χ1v) is 4.82. The van der Waals surface area contributed by atoms with Crippen LogP contribution in [0.3, 0.4) is 0 Å². The fourth-order valence-corrected chi connectivity index (χ4v) is 1.53. The maximum absolute atomic E-state index is 11.3. The van der Waals surface area contributed by atoms with Gasteiger partial charge in [-0.3, -0.25) is 0 Å². The van der Waals surface area contributed by atoms with Gasteiger partial charge in [0.15, 0.2) is 0 Å². The van der Waals surface area contributed by atoms with Crippen molar-refractivity contribution in [3.63, 3.8) is 0 Å². The number of carbonyl (C=O) groups is 1. The molecule has 0 aromatic carbocycles. The predicted molar refractivity (Wildman–Crippen MR) is 51.5 cm³/mol. The van der Waals surface area contributed by atoms with E-state index in [1.807, 2.05) is 13.0 Å². The SMILES string of the molecule is C=CC1CCN(C(=O)OCC)CC1. The molecular formula is C10H17NO2. The Hall–Kier alpha value is -0.990. The smallest absolute Gasteiger partial charge is 0.409 e. The first-order chi connectivity index (χ1) is 6.27. The summed E-state index contributed by atoms with van der Waals surface area (Å²) in [6.07, 6.45) is 3.83. The van der Waals surface area contributed by atoms with E-state index < -0.39 is 0 Å². The molecule has 0 aromatic rings. The minimum Gasteiger partial charge on any atom is -0.450 e. The van der Waals surface area contributed by atoms with E-state index in [2.05, 4.69) is 6.58 Å². The highest BCUT2D eigenvalue weighted by molar-refractivity contribution is 5.67. The number of allylic oxidation sites excluding steroid dienone is 1. The van der Waals surface area contributed by atoms with Crippen molar-refractivity contribution in [2.75, 3.05) is 19.7 Å². The number of amides is 1. The van der Waals surface area contributed by atoms with Crippen molar-refractivity contribution in [2.24, 2.45) is 5.92 Å². The molecule has 3 heteroatoms. The van der Waals surface area contributed by atoms with Crippen molar-refractivity contribution in [2.45, 2.75) is 19.8 Å². The van der Waals surface area contributed by atoms with Crippen LogP contribution in [0.1, 0.15) is 19.8 Å². The summed E-state index contributed by atoms with van der Waals surface area (Å²) >= 11 is 0. The molecule has 0 aliphatic carbocycles. The van der Waals surface area contributed by atoms with Crippen molar-refractivity contribution in [1.82, 2.24) is 4.90 Å². The van der Waals surface area contributed by atoms with Gasteiger partial charge in [0.25, 0.3) is 0 Å². The number of piperidine rings is 1. The summed E-state index contributed by atoms with van der Waals surface area (Å²) in [7, 11) is 0. The second kappa shape index (κ2) is 4.90. The van der Waals surface area contributed by atoms with E-state index in [0.717, 1.165) is 25.9 Å². The van der Waals surface area contributed by atoms with Gasteiger partial charge in [0.05, 0.1) is 6.61 Å². The maximum Gasteiger partial charge on any atom is 0.409 e. The molecule has 1 saturated heterocycles. The number of ether oxygens (including phenoxy) is 1. The highest BCUT2D eigenvalue weighted by atomic mass is 16.6. The number of hydrogen-bond acceptors (Lipinski definition) is 2. The molecule has 13 heavy (non-hydrogen) atoms. The van der Waals surface area contributed by atoms with Crippen molar-refractivity contribution in [1.29, 1.82) is 0 Å². The van der Waals surface area contributed by atoms with E-state index in [0.29, 0.717) is 12.5 Å². The molecule has 1 fully saturated rings. The van der Waals surface area contributed by atoms with Gasteiger partial charge in [0.2, 0.25) is 0 Å². The van der Waals surface area contributed by atoms with Gasteiger partial charge in [-0.1, -0.05) is 6.08 Å². The van der Waals surface area contributed by atoms with Crippen LogP contribution in [0, 0.1) is 5.92 Å². The molecule has 0 bridgehead atoms. The lowest BCUT2D eigenvalue weighted by Gasteiger charge is -2.29. The lowest BCUT2D eigenvalue weighted by molar-refractivity contribution is 0.0953. The molecule has 1 rings (SSSR count). The fourth-order valence-electron chi connectivity index (χ4n) is 1.53. The molecule has 0 N–H and O–H groups in total. The third-order valence-corrected chi connectivity index (χ3v) is 2.40. The van der Waals surface area contributed by atoms with Crippen LogP contribution in [0.15, 0.2) is 12.7 Å². The van der Waals surface area contributed by atoms with Gasteiger partial charge < -0.3 is 9.64 Å². The maximum atomic E-state index is 11.3. The Morgan fingerprint density at radius 1 is 1.62 bits per heavy atom. The molecule has 0 unspecified atom stereocenters. The molecule has 0 aromatic heterocycles. The first kappa shape index (κ1) is 10.1. The van der Waals surface area contributed by atoms with Crippen LogP contribution in [0.5, 0.6) is 0 Å². The van der Waals surface area contributed by atoms with E-state index in [4.69, 9.17) is 4.74 Å². The summed E-state index contributed by atoms with van der Waals surface area (Å²) < 4.78 is 4.91. The minimum atomic E-state index is -0.176. The second-order valence-corrected chi connectivity index (χ2v) is 3.26. The Morgan fingerprint density at radius 2 is 2.23 bits per heavy atom. The average Bonchev–Trinajstić information content (AvgIpc) is 2.18. The van der Waals surface area contributed by atoms with Gasteiger partial charge in [-0.2, -0.15) is 0 Å². The van der Waals surface area contributed by atoms with E-state index in [9.17, 15) is 4.79 Å². The average molecular weight is 183 g/mol. The van der Waals surface area contributed by atoms with Crippen LogP contribution in [0.25, 0.3) is 0 Å². The summed E-state index contributed by atoms with van der Waals surface area (Å²) in [5.41, 5.74) is 0. The van der Waals surface area contributed by atoms with Crippen LogP contribution in [-0.2, 0) is 4.74 Å². The van der Waals surface area contributed by atoms with Gasteiger partial charge in [0.1, 0.15) is 0 Å². The monoisotopic (exact) mass is 183 g/mol. The first-order valence-electron chi connectivity index (χ1n) is 4.82. The zero-order valence-corrected chi connectivity index (χ0v) is 8.16. The standard InChI is InChI=1S/C10H17NO2/c1-3-9-5-7-11(8-6-9)10(12)13-4-2/h3,9H,1,4-8H2,2H3. The Morgan fingerprint density at radius 3 is 2.69 bits per heavy atom. The highest BCUT2D eigenvalue weighted by Gasteiger charge is 2.21. The Kier molecular flexibility index (Phi) is 3.80. The molecule has 1 aliphatic heterocycles. The lowest BCUT2D eigenvalue weighted by atomic mass is 9.98. The number of rotatable bonds is 2. The van der Waals surface area contributed by atoms with Gasteiger partial charge >= 0.3 is 6.09 Å². The van der Waals surface area contributed by atoms with Crippen LogP contribution in [0.4, 0.5) is 4.79 Å². The summed E-state index contributed by atoms with van der Waals surface area (Å²) in [5, 5.41) is 0.